The summed E-state index contributed by atoms with van der Waals surface area (Å²) in [5.74, 6) is -0.760. The molecule has 0 saturated carbocycles. The van der Waals surface area contributed by atoms with Gasteiger partial charge in [0.2, 0.25) is 0 Å². The van der Waals surface area contributed by atoms with Crippen molar-refractivity contribution in [2.75, 3.05) is 6.54 Å². The van der Waals surface area contributed by atoms with Crippen molar-refractivity contribution in [2.24, 2.45) is 0 Å². The average Bonchev–Trinajstić information content (AvgIpc) is 2.99. The van der Waals surface area contributed by atoms with Crippen LogP contribution in [-0.2, 0) is 9.31 Å². The van der Waals surface area contributed by atoms with E-state index in [9.17, 15) is 9.18 Å². The first-order chi connectivity index (χ1) is 11.1. The van der Waals surface area contributed by atoms with E-state index >= 15 is 0 Å². The summed E-state index contributed by atoms with van der Waals surface area (Å²) in [6.07, 6.45) is 1.94. The lowest BCUT2D eigenvalue weighted by molar-refractivity contribution is 0.00578. The van der Waals surface area contributed by atoms with Crippen molar-refractivity contribution >= 4 is 18.5 Å². The molecule has 1 atom stereocenters. The Balaban J connectivity index is 1.82. The maximum absolute atomic E-state index is 14.6. The van der Waals surface area contributed by atoms with Gasteiger partial charge in [-0.2, -0.15) is 0 Å². The molecule has 1 aromatic rings. The second-order valence-corrected chi connectivity index (χ2v) is 7.82. The van der Waals surface area contributed by atoms with Gasteiger partial charge in [-0.1, -0.05) is 6.07 Å². The summed E-state index contributed by atoms with van der Waals surface area (Å²) in [6.45, 7) is 10.5. The Kier molecular flexibility index (Phi) is 4.25. The Hall–Kier alpha value is -1.40. The number of hydrogen-bond acceptors (Lipinski definition) is 3. The highest BCUT2D eigenvalue weighted by atomic mass is 19.1. The molecule has 0 unspecified atom stereocenters. The first-order valence-electron chi connectivity index (χ1n) is 8.58. The van der Waals surface area contributed by atoms with Crippen LogP contribution >= 0.6 is 0 Å². The Morgan fingerprint density at radius 1 is 1.25 bits per heavy atom. The van der Waals surface area contributed by atoms with Gasteiger partial charge in [-0.3, -0.25) is 4.79 Å². The quantitative estimate of drug-likeness (QED) is 0.781. The number of carbonyl (C=O) groups excluding carboxylic acids is 1. The van der Waals surface area contributed by atoms with Crippen LogP contribution in [0, 0.1) is 5.82 Å². The zero-order chi connectivity index (χ0) is 17.7. The third-order valence-corrected chi connectivity index (χ3v) is 5.56. The molecule has 2 aliphatic heterocycles. The van der Waals surface area contributed by atoms with E-state index in [-0.39, 0.29) is 17.5 Å². The summed E-state index contributed by atoms with van der Waals surface area (Å²) >= 11 is 0. The van der Waals surface area contributed by atoms with Gasteiger partial charge in [-0.15, -0.1) is 0 Å². The van der Waals surface area contributed by atoms with Crippen LogP contribution in [0.3, 0.4) is 0 Å². The minimum absolute atomic E-state index is 0.115. The van der Waals surface area contributed by atoms with Crippen LogP contribution in [0.2, 0.25) is 0 Å². The minimum atomic E-state index is -0.626. The van der Waals surface area contributed by atoms with Gasteiger partial charge < -0.3 is 14.2 Å². The van der Waals surface area contributed by atoms with E-state index < -0.39 is 24.1 Å². The van der Waals surface area contributed by atoms with Crippen LogP contribution < -0.4 is 5.46 Å². The first kappa shape index (κ1) is 17.4. The van der Waals surface area contributed by atoms with Crippen molar-refractivity contribution in [1.29, 1.82) is 0 Å². The van der Waals surface area contributed by atoms with E-state index in [0.29, 0.717) is 12.0 Å². The van der Waals surface area contributed by atoms with Crippen molar-refractivity contribution in [3.63, 3.8) is 0 Å². The molecule has 2 fully saturated rings. The molecule has 0 aromatic heterocycles. The minimum Gasteiger partial charge on any atom is -0.399 e. The van der Waals surface area contributed by atoms with Gasteiger partial charge in [0.05, 0.1) is 16.8 Å². The zero-order valence-corrected chi connectivity index (χ0v) is 15.1. The summed E-state index contributed by atoms with van der Waals surface area (Å²) in [7, 11) is -0.626. The fraction of sp³-hybridized carbons (Fsp3) is 0.611. The number of nitrogens with zero attached hydrogens (tertiary/aromatic N) is 1. The molecule has 2 heterocycles. The summed E-state index contributed by atoms with van der Waals surface area (Å²) in [5.41, 5.74) is -0.248. The van der Waals surface area contributed by atoms with Crippen molar-refractivity contribution in [2.45, 2.75) is 64.7 Å². The summed E-state index contributed by atoms with van der Waals surface area (Å²) in [6, 6.07) is 4.79. The first-order valence-corrected chi connectivity index (χ1v) is 8.58. The Labute approximate surface area is 143 Å². The van der Waals surface area contributed by atoms with E-state index in [4.69, 9.17) is 9.31 Å². The maximum atomic E-state index is 14.6. The fourth-order valence-corrected chi connectivity index (χ4v) is 3.22. The summed E-state index contributed by atoms with van der Waals surface area (Å²) in [5, 5.41) is 0. The third kappa shape index (κ3) is 2.86. The molecular weight excluding hydrogens is 308 g/mol. The lowest BCUT2D eigenvalue weighted by atomic mass is 9.78. The Morgan fingerprint density at radius 2 is 1.88 bits per heavy atom. The predicted octanol–water partition coefficient (Wildman–Crippen LogP) is 2.75. The molecule has 0 aliphatic carbocycles. The van der Waals surface area contributed by atoms with Gasteiger partial charge in [-0.25, -0.2) is 4.39 Å². The molecule has 0 radical (unpaired) electrons. The number of benzene rings is 1. The van der Waals surface area contributed by atoms with Crippen LogP contribution in [0.5, 0.6) is 0 Å². The molecule has 6 heteroatoms. The monoisotopic (exact) mass is 333 g/mol. The van der Waals surface area contributed by atoms with Crippen LogP contribution in [-0.4, -0.2) is 41.7 Å². The molecule has 1 amide bonds. The molecule has 0 bridgehead atoms. The molecule has 2 saturated heterocycles. The van der Waals surface area contributed by atoms with Gasteiger partial charge in [0.1, 0.15) is 5.82 Å². The topological polar surface area (TPSA) is 38.8 Å². The van der Waals surface area contributed by atoms with Gasteiger partial charge in [0.15, 0.2) is 0 Å². The third-order valence-electron chi connectivity index (χ3n) is 5.56. The normalized spacial score (nSPS) is 25.3. The van der Waals surface area contributed by atoms with Crippen molar-refractivity contribution in [3.05, 3.63) is 29.6 Å². The second kappa shape index (κ2) is 5.85. The maximum Gasteiger partial charge on any atom is 0.494 e. The van der Waals surface area contributed by atoms with Crippen molar-refractivity contribution < 1.29 is 18.5 Å². The highest BCUT2D eigenvalue weighted by molar-refractivity contribution is 6.62. The van der Waals surface area contributed by atoms with E-state index in [0.717, 1.165) is 12.8 Å². The molecule has 130 valence electrons. The predicted molar refractivity (Wildman–Crippen MR) is 91.8 cm³/mol. The molecular formula is C18H25BFNO3. The largest absolute Gasteiger partial charge is 0.494 e. The van der Waals surface area contributed by atoms with Gasteiger partial charge in [0.25, 0.3) is 5.91 Å². The Morgan fingerprint density at radius 3 is 2.38 bits per heavy atom. The fourth-order valence-electron chi connectivity index (χ4n) is 3.22. The number of amides is 1. The number of halogens is 1. The molecule has 1 aromatic carbocycles. The van der Waals surface area contributed by atoms with Crippen LogP contribution in [0.4, 0.5) is 4.39 Å². The molecule has 2 aliphatic rings. The lowest BCUT2D eigenvalue weighted by Gasteiger charge is -2.32. The highest BCUT2D eigenvalue weighted by Crippen LogP contribution is 2.36. The molecule has 0 N–H and O–H groups in total. The second-order valence-electron chi connectivity index (χ2n) is 7.82. The van der Waals surface area contributed by atoms with E-state index in [2.05, 4.69) is 0 Å². The average molecular weight is 333 g/mol. The SMILES string of the molecule is C[C@H]1CCCN1C(=O)c1ccc(B2OC(C)(C)C(C)(C)O2)cc1F. The van der Waals surface area contributed by atoms with Crippen molar-refractivity contribution in [1.82, 2.24) is 4.90 Å². The van der Waals surface area contributed by atoms with E-state index in [1.165, 1.54) is 6.07 Å². The number of hydrogen-bond donors (Lipinski definition) is 0. The summed E-state index contributed by atoms with van der Waals surface area (Å²) < 4.78 is 26.4. The Bertz CT molecular complexity index is 646. The molecule has 4 nitrogen and oxygen atoms in total. The van der Waals surface area contributed by atoms with Crippen LogP contribution in [0.25, 0.3) is 0 Å². The lowest BCUT2D eigenvalue weighted by Crippen LogP contribution is -2.41. The number of rotatable bonds is 2. The zero-order valence-electron chi connectivity index (χ0n) is 15.1. The van der Waals surface area contributed by atoms with Gasteiger partial charge in [0, 0.05) is 12.6 Å². The van der Waals surface area contributed by atoms with Crippen LogP contribution in [0.1, 0.15) is 57.8 Å². The smallest absolute Gasteiger partial charge is 0.399 e. The molecule has 24 heavy (non-hydrogen) atoms. The van der Waals surface area contributed by atoms with E-state index in [1.807, 2.05) is 34.6 Å². The highest BCUT2D eigenvalue weighted by Gasteiger charge is 2.51. The summed E-state index contributed by atoms with van der Waals surface area (Å²) in [4.78, 5) is 14.3. The van der Waals surface area contributed by atoms with Crippen LogP contribution in [0.15, 0.2) is 18.2 Å². The molecule has 0 spiro atoms. The number of carbonyl (C=O) groups is 1. The van der Waals surface area contributed by atoms with Crippen molar-refractivity contribution in [3.8, 4) is 0 Å². The number of likely N-dealkylation sites (tertiary alicyclic amines) is 1. The van der Waals surface area contributed by atoms with Gasteiger partial charge in [-0.05, 0) is 65.1 Å². The van der Waals surface area contributed by atoms with E-state index in [1.54, 1.807) is 17.0 Å². The van der Waals surface area contributed by atoms with Gasteiger partial charge >= 0.3 is 7.12 Å². The molecule has 3 rings (SSSR count). The standard InChI is InChI=1S/C18H25BFNO3/c1-12-7-6-10-21(12)16(22)14-9-8-13(11-15(14)20)19-23-17(2,3)18(4,5)24-19/h8-9,11-12H,6-7,10H2,1-5H3/t12-/m0/s1.